The highest BCUT2D eigenvalue weighted by molar-refractivity contribution is 9.10. The van der Waals surface area contributed by atoms with E-state index in [0.717, 1.165) is 22.7 Å². The summed E-state index contributed by atoms with van der Waals surface area (Å²) in [6, 6.07) is 6.64. The average molecular weight is 368 g/mol. The number of halogens is 1. The molecule has 0 aromatic carbocycles. The molecule has 2 aromatic heterocycles. The van der Waals surface area contributed by atoms with Crippen molar-refractivity contribution in [2.75, 3.05) is 5.32 Å². The molecule has 0 bridgehead atoms. The van der Waals surface area contributed by atoms with E-state index >= 15 is 0 Å². The Kier molecular flexibility index (Phi) is 5.04. The predicted octanol–water partition coefficient (Wildman–Crippen LogP) is 4.95. The number of nitrogens with one attached hydrogen (secondary N) is 1. The maximum absolute atomic E-state index is 4.64. The Labute approximate surface area is 139 Å². The summed E-state index contributed by atoms with van der Waals surface area (Å²) in [4.78, 5) is 11.9. The summed E-state index contributed by atoms with van der Waals surface area (Å²) in [5.41, 5.74) is -0.0612. The third kappa shape index (κ3) is 4.78. The van der Waals surface area contributed by atoms with Crippen LogP contribution in [0.5, 0.6) is 0 Å². The van der Waals surface area contributed by atoms with E-state index in [2.05, 4.69) is 78.0 Å². The largest absolute Gasteiger partial charge is 0.367 e. The van der Waals surface area contributed by atoms with Gasteiger partial charge in [0.2, 0.25) is 0 Å². The van der Waals surface area contributed by atoms with Gasteiger partial charge in [0.15, 0.2) is 0 Å². The lowest BCUT2D eigenvalue weighted by Gasteiger charge is -2.19. The van der Waals surface area contributed by atoms with Gasteiger partial charge < -0.3 is 5.32 Å². The second-order valence-electron chi connectivity index (χ2n) is 6.41. The van der Waals surface area contributed by atoms with Gasteiger partial charge in [-0.15, -0.1) is 11.3 Å². The van der Waals surface area contributed by atoms with E-state index < -0.39 is 0 Å². The van der Waals surface area contributed by atoms with E-state index in [4.69, 9.17) is 0 Å². The number of nitrogens with zero attached hydrogens (tertiary/aromatic N) is 2. The summed E-state index contributed by atoms with van der Waals surface area (Å²) >= 11 is 5.33. The standard InChI is InChI=1S/C16H22BrN3S/c1-10(8-12-7-6-11(2)21-12)18-14-9-13(17)19-15(20-14)16(3,4)5/h6-7,9-10H,8H2,1-5H3,(H,18,19,20). The van der Waals surface area contributed by atoms with Crippen LogP contribution < -0.4 is 5.32 Å². The van der Waals surface area contributed by atoms with Crippen LogP contribution in [0.2, 0.25) is 0 Å². The van der Waals surface area contributed by atoms with Crippen LogP contribution in [0.25, 0.3) is 0 Å². The van der Waals surface area contributed by atoms with Gasteiger partial charge in [-0.2, -0.15) is 0 Å². The third-order valence-corrected chi connectivity index (χ3v) is 4.49. The average Bonchev–Trinajstić information content (AvgIpc) is 2.72. The highest BCUT2D eigenvalue weighted by Crippen LogP contribution is 2.23. The van der Waals surface area contributed by atoms with Crippen molar-refractivity contribution < 1.29 is 0 Å². The van der Waals surface area contributed by atoms with Crippen LogP contribution in [0.3, 0.4) is 0 Å². The molecular formula is C16H22BrN3S. The molecule has 0 aliphatic rings. The molecule has 0 saturated heterocycles. The predicted molar refractivity (Wildman–Crippen MR) is 94.3 cm³/mol. The van der Waals surface area contributed by atoms with Gasteiger partial charge in [0.05, 0.1) is 0 Å². The van der Waals surface area contributed by atoms with E-state index in [0.29, 0.717) is 6.04 Å². The first-order valence-corrected chi connectivity index (χ1v) is 8.72. The maximum atomic E-state index is 4.64. The van der Waals surface area contributed by atoms with Gasteiger partial charge in [0, 0.05) is 33.7 Å². The van der Waals surface area contributed by atoms with Crippen LogP contribution >= 0.6 is 27.3 Å². The number of anilines is 1. The zero-order chi connectivity index (χ0) is 15.6. The van der Waals surface area contributed by atoms with E-state index in [1.54, 1.807) is 0 Å². The van der Waals surface area contributed by atoms with Crippen LogP contribution in [-0.2, 0) is 11.8 Å². The van der Waals surface area contributed by atoms with Gasteiger partial charge in [0.25, 0.3) is 0 Å². The first kappa shape index (κ1) is 16.4. The molecule has 114 valence electrons. The van der Waals surface area contributed by atoms with Crippen molar-refractivity contribution in [3.8, 4) is 0 Å². The van der Waals surface area contributed by atoms with Crippen LogP contribution in [0, 0.1) is 6.92 Å². The van der Waals surface area contributed by atoms with Gasteiger partial charge in [-0.3, -0.25) is 0 Å². The molecule has 0 spiro atoms. The fraction of sp³-hybridized carbons (Fsp3) is 0.500. The summed E-state index contributed by atoms with van der Waals surface area (Å²) in [5.74, 6) is 1.72. The Hall–Kier alpha value is -0.940. The van der Waals surface area contributed by atoms with Gasteiger partial charge >= 0.3 is 0 Å². The van der Waals surface area contributed by atoms with Gasteiger partial charge in [-0.1, -0.05) is 20.8 Å². The Balaban J connectivity index is 2.10. The normalized spacial score (nSPS) is 13.2. The van der Waals surface area contributed by atoms with Crippen molar-refractivity contribution >= 4 is 33.1 Å². The number of aryl methyl sites for hydroxylation is 1. The van der Waals surface area contributed by atoms with Crippen LogP contribution in [0.15, 0.2) is 22.8 Å². The van der Waals surface area contributed by atoms with Crippen molar-refractivity contribution in [1.29, 1.82) is 0 Å². The minimum absolute atomic E-state index is 0.0612. The first-order chi connectivity index (χ1) is 9.74. The summed E-state index contributed by atoms with van der Waals surface area (Å²) in [6.07, 6.45) is 1.00. The van der Waals surface area contributed by atoms with E-state index in [1.807, 2.05) is 17.4 Å². The lowest BCUT2D eigenvalue weighted by Crippen LogP contribution is -2.21. The smallest absolute Gasteiger partial charge is 0.137 e. The zero-order valence-electron chi connectivity index (χ0n) is 13.2. The molecule has 1 unspecified atom stereocenters. The number of hydrogen-bond acceptors (Lipinski definition) is 4. The molecule has 2 rings (SSSR count). The molecule has 1 atom stereocenters. The molecule has 3 nitrogen and oxygen atoms in total. The van der Waals surface area contributed by atoms with Gasteiger partial charge in [-0.05, 0) is 41.9 Å². The molecule has 1 N–H and O–H groups in total. The Morgan fingerprint density at radius 3 is 2.57 bits per heavy atom. The van der Waals surface area contributed by atoms with Gasteiger partial charge in [0.1, 0.15) is 16.2 Å². The summed E-state index contributed by atoms with van der Waals surface area (Å²) < 4.78 is 0.823. The minimum atomic E-state index is -0.0612. The van der Waals surface area contributed by atoms with E-state index in [-0.39, 0.29) is 5.41 Å². The van der Waals surface area contributed by atoms with Crippen molar-refractivity contribution in [2.45, 2.75) is 52.5 Å². The van der Waals surface area contributed by atoms with Crippen molar-refractivity contribution in [3.63, 3.8) is 0 Å². The number of hydrogen-bond donors (Lipinski definition) is 1. The molecule has 0 aliphatic carbocycles. The third-order valence-electron chi connectivity index (χ3n) is 3.06. The first-order valence-electron chi connectivity index (χ1n) is 7.11. The highest BCUT2D eigenvalue weighted by atomic mass is 79.9. The topological polar surface area (TPSA) is 37.8 Å². The zero-order valence-corrected chi connectivity index (χ0v) is 15.6. The van der Waals surface area contributed by atoms with Crippen LogP contribution in [0.1, 0.15) is 43.3 Å². The molecule has 0 radical (unpaired) electrons. The fourth-order valence-electron chi connectivity index (χ4n) is 2.03. The minimum Gasteiger partial charge on any atom is -0.367 e. The second-order valence-corrected chi connectivity index (χ2v) is 8.60. The lowest BCUT2D eigenvalue weighted by molar-refractivity contribution is 0.543. The fourth-order valence-corrected chi connectivity index (χ4v) is 3.43. The second kappa shape index (κ2) is 6.44. The molecule has 0 fully saturated rings. The van der Waals surface area contributed by atoms with Gasteiger partial charge in [-0.25, -0.2) is 9.97 Å². The van der Waals surface area contributed by atoms with Crippen LogP contribution in [0.4, 0.5) is 5.82 Å². The Morgan fingerprint density at radius 2 is 2.00 bits per heavy atom. The number of aromatic nitrogens is 2. The molecule has 21 heavy (non-hydrogen) atoms. The quantitative estimate of drug-likeness (QED) is 0.776. The summed E-state index contributed by atoms with van der Waals surface area (Å²) in [7, 11) is 0. The highest BCUT2D eigenvalue weighted by Gasteiger charge is 2.19. The van der Waals surface area contributed by atoms with Crippen molar-refractivity contribution in [2.24, 2.45) is 0 Å². The maximum Gasteiger partial charge on any atom is 0.137 e. The van der Waals surface area contributed by atoms with E-state index in [1.165, 1.54) is 9.75 Å². The summed E-state index contributed by atoms with van der Waals surface area (Å²) in [6.45, 7) is 10.7. The molecule has 5 heteroatoms. The van der Waals surface area contributed by atoms with Crippen LogP contribution in [-0.4, -0.2) is 16.0 Å². The lowest BCUT2D eigenvalue weighted by atomic mass is 9.96. The Morgan fingerprint density at radius 1 is 1.29 bits per heavy atom. The van der Waals surface area contributed by atoms with Crippen molar-refractivity contribution in [3.05, 3.63) is 38.4 Å². The molecule has 2 aromatic rings. The Bertz CT molecular complexity index is 616. The summed E-state index contributed by atoms with van der Waals surface area (Å²) in [5, 5.41) is 3.48. The number of thiophene rings is 1. The molecular weight excluding hydrogens is 346 g/mol. The number of rotatable bonds is 4. The van der Waals surface area contributed by atoms with E-state index in [9.17, 15) is 0 Å². The SMILES string of the molecule is Cc1ccc(CC(C)Nc2cc(Br)nc(C(C)(C)C)n2)s1. The van der Waals surface area contributed by atoms with Crippen molar-refractivity contribution in [1.82, 2.24) is 9.97 Å². The monoisotopic (exact) mass is 367 g/mol. The molecule has 2 heterocycles. The molecule has 0 aliphatic heterocycles. The molecule has 0 amide bonds. The molecule has 0 saturated carbocycles.